The number of rotatable bonds is 3. The van der Waals surface area contributed by atoms with Crippen LogP contribution in [-0.4, -0.2) is 37.9 Å². The Hall–Kier alpha value is -1.20. The number of ether oxygens (including phenoxy) is 3. The summed E-state index contributed by atoms with van der Waals surface area (Å²) in [5.74, 6) is -0.433. The molecule has 1 fully saturated rings. The van der Waals surface area contributed by atoms with E-state index in [1.54, 1.807) is 7.11 Å². The number of Topliss-reactive ketones (excluding diaryl/α,β-unsaturated/α-hetero) is 1. The van der Waals surface area contributed by atoms with Gasteiger partial charge in [0.15, 0.2) is 0 Å². The quantitative estimate of drug-likeness (QED) is 0.347. The molecule has 0 aromatic rings. The van der Waals surface area contributed by atoms with Crippen LogP contribution in [0.25, 0.3) is 0 Å². The van der Waals surface area contributed by atoms with Crippen molar-refractivity contribution in [2.75, 3.05) is 13.9 Å². The Balaban J connectivity index is 2.05. The summed E-state index contributed by atoms with van der Waals surface area (Å²) in [6.07, 6.45) is 8.28. The van der Waals surface area contributed by atoms with E-state index in [9.17, 15) is 9.59 Å². The maximum atomic E-state index is 12.4. The van der Waals surface area contributed by atoms with Crippen LogP contribution in [-0.2, 0) is 23.8 Å². The molecule has 124 valence electrons. The number of esters is 1. The first kappa shape index (κ1) is 17.2. The summed E-state index contributed by atoms with van der Waals surface area (Å²) >= 11 is 0. The number of methoxy groups -OCH3 is 1. The minimum Gasteiger partial charge on any atom is -0.462 e. The molecular formula is C17H26O5. The van der Waals surface area contributed by atoms with E-state index in [1.807, 2.05) is 6.92 Å². The largest absolute Gasteiger partial charge is 0.462 e. The number of hydrogen-bond donors (Lipinski definition) is 0. The van der Waals surface area contributed by atoms with Crippen LogP contribution < -0.4 is 0 Å². The highest BCUT2D eigenvalue weighted by atomic mass is 16.7. The van der Waals surface area contributed by atoms with Crippen LogP contribution in [0.1, 0.15) is 45.4 Å². The van der Waals surface area contributed by atoms with Crippen molar-refractivity contribution in [1.82, 2.24) is 0 Å². The minimum atomic E-state index is -0.401. The summed E-state index contributed by atoms with van der Waals surface area (Å²) in [7, 11) is 1.58. The van der Waals surface area contributed by atoms with Crippen LogP contribution in [0.5, 0.6) is 0 Å². The summed E-state index contributed by atoms with van der Waals surface area (Å²) in [4.78, 5) is 24.3. The topological polar surface area (TPSA) is 61.8 Å². The second-order valence-electron chi connectivity index (χ2n) is 6.24. The first-order valence-electron chi connectivity index (χ1n) is 8.09. The van der Waals surface area contributed by atoms with Gasteiger partial charge in [-0.2, -0.15) is 0 Å². The highest BCUT2D eigenvalue weighted by Gasteiger charge is 2.38. The minimum absolute atomic E-state index is 0.0172. The summed E-state index contributed by atoms with van der Waals surface area (Å²) in [6.45, 7) is 2.12. The summed E-state index contributed by atoms with van der Waals surface area (Å²) < 4.78 is 15.8. The first-order valence-corrected chi connectivity index (χ1v) is 8.09. The summed E-state index contributed by atoms with van der Waals surface area (Å²) in [5.41, 5.74) is 0. The molecule has 5 nitrogen and oxygen atoms in total. The molecule has 2 aliphatic rings. The Morgan fingerprint density at radius 3 is 2.91 bits per heavy atom. The van der Waals surface area contributed by atoms with Crippen molar-refractivity contribution >= 4 is 11.8 Å². The van der Waals surface area contributed by atoms with Crippen molar-refractivity contribution in [2.45, 2.75) is 57.7 Å². The molecule has 2 rings (SSSR count). The van der Waals surface area contributed by atoms with E-state index in [2.05, 4.69) is 12.2 Å². The third-order valence-corrected chi connectivity index (χ3v) is 4.42. The van der Waals surface area contributed by atoms with Gasteiger partial charge in [0.25, 0.3) is 0 Å². The van der Waals surface area contributed by atoms with Crippen LogP contribution >= 0.6 is 0 Å². The van der Waals surface area contributed by atoms with E-state index in [1.165, 1.54) is 0 Å². The Morgan fingerprint density at radius 2 is 2.14 bits per heavy atom. The number of fused-ring (bicyclic) bond motifs is 1. The molecule has 0 aromatic heterocycles. The number of allylic oxidation sites excluding steroid dienone is 2. The lowest BCUT2D eigenvalue weighted by atomic mass is 9.89. The molecule has 0 unspecified atom stereocenters. The molecule has 1 saturated carbocycles. The van der Waals surface area contributed by atoms with Crippen LogP contribution in [0.2, 0.25) is 0 Å². The Bertz CT molecular complexity index is 417. The summed E-state index contributed by atoms with van der Waals surface area (Å²) in [5, 5.41) is 0. The second kappa shape index (κ2) is 8.44. The van der Waals surface area contributed by atoms with E-state index in [0.29, 0.717) is 6.42 Å². The van der Waals surface area contributed by atoms with Gasteiger partial charge in [-0.05, 0) is 44.9 Å². The zero-order valence-corrected chi connectivity index (χ0v) is 13.5. The van der Waals surface area contributed by atoms with Gasteiger partial charge in [-0.1, -0.05) is 12.2 Å². The van der Waals surface area contributed by atoms with E-state index in [0.717, 1.165) is 25.7 Å². The third-order valence-electron chi connectivity index (χ3n) is 4.42. The van der Waals surface area contributed by atoms with Gasteiger partial charge in [0.2, 0.25) is 0 Å². The van der Waals surface area contributed by atoms with Crippen LogP contribution in [0.15, 0.2) is 12.2 Å². The molecule has 1 aliphatic carbocycles. The zero-order valence-electron chi connectivity index (χ0n) is 13.5. The lowest BCUT2D eigenvalue weighted by Gasteiger charge is -2.17. The van der Waals surface area contributed by atoms with Gasteiger partial charge in [0.05, 0.1) is 12.2 Å². The molecule has 0 aromatic carbocycles. The normalized spacial score (nSPS) is 35.2. The number of carbonyl (C=O) groups is 2. The van der Waals surface area contributed by atoms with Gasteiger partial charge in [-0.25, -0.2) is 0 Å². The molecule has 0 saturated heterocycles. The van der Waals surface area contributed by atoms with E-state index >= 15 is 0 Å². The molecule has 5 heteroatoms. The first-order chi connectivity index (χ1) is 10.6. The Morgan fingerprint density at radius 1 is 1.32 bits per heavy atom. The fourth-order valence-electron chi connectivity index (χ4n) is 3.30. The van der Waals surface area contributed by atoms with Gasteiger partial charge in [-0.3, -0.25) is 9.59 Å². The van der Waals surface area contributed by atoms with E-state index in [4.69, 9.17) is 14.2 Å². The van der Waals surface area contributed by atoms with E-state index < -0.39 is 5.97 Å². The van der Waals surface area contributed by atoms with Crippen LogP contribution in [0.4, 0.5) is 0 Å². The molecule has 1 heterocycles. The molecule has 0 radical (unpaired) electrons. The number of carbonyl (C=O) groups excluding carboxylic acids is 2. The lowest BCUT2D eigenvalue weighted by Crippen LogP contribution is -2.24. The average molecular weight is 310 g/mol. The monoisotopic (exact) mass is 310 g/mol. The smallest absolute Gasteiger partial charge is 0.313 e. The van der Waals surface area contributed by atoms with Gasteiger partial charge in [0.1, 0.15) is 19.0 Å². The maximum absolute atomic E-state index is 12.4. The highest BCUT2D eigenvalue weighted by molar-refractivity contribution is 5.97. The second-order valence-corrected chi connectivity index (χ2v) is 6.24. The van der Waals surface area contributed by atoms with Crippen LogP contribution in [0, 0.1) is 11.8 Å². The fourth-order valence-corrected chi connectivity index (χ4v) is 3.30. The van der Waals surface area contributed by atoms with Crippen molar-refractivity contribution < 1.29 is 23.8 Å². The van der Waals surface area contributed by atoms with Crippen molar-refractivity contribution in [1.29, 1.82) is 0 Å². The number of ketones is 1. The Kier molecular flexibility index (Phi) is 6.58. The molecule has 0 bridgehead atoms. The van der Waals surface area contributed by atoms with Crippen LogP contribution in [0.3, 0.4) is 0 Å². The third kappa shape index (κ3) is 4.92. The standard InChI is InChI=1S/C17H26O5/c1-12-6-4-3-5-7-13-8-14(21-11-20-2)9-15(13)16(18)10-17(19)22-12/h5,7,12-15H,3-4,6,8-11H2,1-2H3/b7-5-/t12-,13+,14-,15+/m0/s1. The molecule has 0 amide bonds. The van der Waals surface area contributed by atoms with Crippen molar-refractivity contribution in [3.63, 3.8) is 0 Å². The molecule has 4 atom stereocenters. The molecule has 22 heavy (non-hydrogen) atoms. The summed E-state index contributed by atoms with van der Waals surface area (Å²) in [6, 6.07) is 0. The SMILES string of the molecule is COCO[C@H]1C[C@H]2/C=C\CCC[C@H](C)OC(=O)CC(=O)[C@@H]2C1. The fraction of sp³-hybridized carbons (Fsp3) is 0.765. The molecular weight excluding hydrogens is 284 g/mol. The molecule has 0 spiro atoms. The predicted octanol–water partition coefficient (Wildman–Crippen LogP) is 2.63. The predicted molar refractivity (Wildman–Crippen MR) is 81.1 cm³/mol. The highest BCUT2D eigenvalue weighted by Crippen LogP contribution is 2.36. The van der Waals surface area contributed by atoms with Crippen molar-refractivity contribution in [2.24, 2.45) is 11.8 Å². The van der Waals surface area contributed by atoms with Gasteiger partial charge in [0, 0.05) is 13.0 Å². The zero-order chi connectivity index (χ0) is 15.9. The van der Waals surface area contributed by atoms with E-state index in [-0.39, 0.29) is 43.0 Å². The number of hydrogen-bond acceptors (Lipinski definition) is 5. The van der Waals surface area contributed by atoms with Gasteiger partial charge < -0.3 is 14.2 Å². The number of cyclic esters (lactones) is 1. The van der Waals surface area contributed by atoms with Gasteiger partial charge in [-0.15, -0.1) is 0 Å². The Labute approximate surface area is 132 Å². The molecule has 1 aliphatic heterocycles. The average Bonchev–Trinajstić information content (AvgIpc) is 2.86. The van der Waals surface area contributed by atoms with Crippen molar-refractivity contribution in [3.05, 3.63) is 12.2 Å². The van der Waals surface area contributed by atoms with Gasteiger partial charge >= 0.3 is 5.97 Å². The molecule has 0 N–H and O–H groups in total. The lowest BCUT2D eigenvalue weighted by molar-refractivity contribution is -0.151. The van der Waals surface area contributed by atoms with Crippen molar-refractivity contribution in [3.8, 4) is 0 Å². The maximum Gasteiger partial charge on any atom is 0.313 e.